The van der Waals surface area contributed by atoms with Gasteiger partial charge in [-0.15, -0.1) is 0 Å². The minimum absolute atomic E-state index is 0.0737. The van der Waals surface area contributed by atoms with Crippen molar-refractivity contribution in [3.8, 4) is 27.9 Å². The number of hydrogen-bond donors (Lipinski definition) is 0. The molecule has 0 atom stereocenters. The molecule has 0 aliphatic heterocycles. The minimum atomic E-state index is -0.0737. The molecule has 3 nitrogen and oxygen atoms in total. The minimum Gasteiger partial charge on any atom is -0.313 e. The molecule has 8 rings (SSSR count). The molecule has 0 radical (unpaired) electrons. The highest BCUT2D eigenvalue weighted by atomic mass is 15.2. The van der Waals surface area contributed by atoms with Gasteiger partial charge in [-0.1, -0.05) is 105 Å². The Hall–Kier alpha value is -5.41. The monoisotopic (exact) mass is 553 g/mol. The zero-order valence-electron chi connectivity index (χ0n) is 24.3. The van der Waals surface area contributed by atoms with Crippen molar-refractivity contribution in [2.75, 3.05) is 4.90 Å². The van der Waals surface area contributed by atoms with Gasteiger partial charge in [0.1, 0.15) is 0 Å². The molecule has 5 aromatic carbocycles. The van der Waals surface area contributed by atoms with Crippen LogP contribution >= 0.6 is 0 Å². The number of aromatic nitrogens is 2. The third-order valence-electron chi connectivity index (χ3n) is 8.86. The average Bonchev–Trinajstić information content (AvgIpc) is 3.56. The summed E-state index contributed by atoms with van der Waals surface area (Å²) in [7, 11) is 0. The number of benzene rings is 5. The Bertz CT molecular complexity index is 2050. The molecule has 206 valence electrons. The number of para-hydroxylation sites is 3. The number of fused-ring (bicyclic) bond motifs is 4. The highest BCUT2D eigenvalue weighted by Gasteiger charge is 2.35. The first-order chi connectivity index (χ1) is 21.1. The summed E-state index contributed by atoms with van der Waals surface area (Å²) in [5, 5.41) is 0. The molecular weight excluding hydrogens is 522 g/mol. The molecule has 0 unspecified atom stereocenters. The SMILES string of the molecule is CC1(C)c2ccccc2-c2ccc(-c3cn(-c4ccccc4)c4c(N(c5ccccc5)c5ccccc5)ccnc34)cc21. The lowest BCUT2D eigenvalue weighted by molar-refractivity contribution is 0.660. The van der Waals surface area contributed by atoms with Crippen LogP contribution in [0.4, 0.5) is 17.1 Å². The maximum atomic E-state index is 5.06. The normalized spacial score (nSPS) is 13.1. The van der Waals surface area contributed by atoms with Crippen LogP contribution in [0.3, 0.4) is 0 Å². The highest BCUT2D eigenvalue weighted by molar-refractivity contribution is 6.03. The van der Waals surface area contributed by atoms with Crippen molar-refractivity contribution in [2.45, 2.75) is 19.3 Å². The Balaban J connectivity index is 1.40. The van der Waals surface area contributed by atoms with Gasteiger partial charge in [0, 0.05) is 40.4 Å². The van der Waals surface area contributed by atoms with E-state index < -0.39 is 0 Å². The van der Waals surface area contributed by atoms with E-state index in [0.29, 0.717) is 0 Å². The number of pyridine rings is 1. The molecule has 0 bridgehead atoms. The maximum absolute atomic E-state index is 5.06. The van der Waals surface area contributed by atoms with Gasteiger partial charge in [0.15, 0.2) is 0 Å². The van der Waals surface area contributed by atoms with Crippen LogP contribution in [0.2, 0.25) is 0 Å². The lowest BCUT2D eigenvalue weighted by atomic mass is 9.81. The lowest BCUT2D eigenvalue weighted by Crippen LogP contribution is -2.14. The maximum Gasteiger partial charge on any atom is 0.0984 e. The first kappa shape index (κ1) is 25.3. The van der Waals surface area contributed by atoms with Crippen LogP contribution in [0, 0.1) is 0 Å². The smallest absolute Gasteiger partial charge is 0.0984 e. The van der Waals surface area contributed by atoms with Gasteiger partial charge < -0.3 is 9.47 Å². The summed E-state index contributed by atoms with van der Waals surface area (Å²) in [4.78, 5) is 7.39. The van der Waals surface area contributed by atoms with E-state index in [1.54, 1.807) is 0 Å². The molecule has 1 aliphatic rings. The first-order valence-corrected chi connectivity index (χ1v) is 14.8. The third kappa shape index (κ3) is 4.00. The van der Waals surface area contributed by atoms with E-state index in [9.17, 15) is 0 Å². The quantitative estimate of drug-likeness (QED) is 0.211. The van der Waals surface area contributed by atoms with Crippen molar-refractivity contribution in [3.63, 3.8) is 0 Å². The number of anilines is 3. The van der Waals surface area contributed by atoms with Gasteiger partial charge in [-0.2, -0.15) is 0 Å². The topological polar surface area (TPSA) is 21.1 Å². The van der Waals surface area contributed by atoms with Crippen molar-refractivity contribution in [1.82, 2.24) is 9.55 Å². The molecule has 0 amide bonds. The second-order valence-electron chi connectivity index (χ2n) is 11.7. The summed E-state index contributed by atoms with van der Waals surface area (Å²) in [6.07, 6.45) is 4.21. The number of nitrogens with zero attached hydrogens (tertiary/aromatic N) is 3. The van der Waals surface area contributed by atoms with E-state index in [2.05, 4.69) is 169 Å². The second kappa shape index (κ2) is 9.85. The van der Waals surface area contributed by atoms with Crippen molar-refractivity contribution in [3.05, 3.63) is 163 Å². The van der Waals surface area contributed by atoms with Gasteiger partial charge in [0.05, 0.1) is 16.7 Å². The molecule has 2 aromatic heterocycles. The fraction of sp³-hybridized carbons (Fsp3) is 0.0750. The molecule has 7 aromatic rings. The Morgan fingerprint density at radius 2 is 1.19 bits per heavy atom. The summed E-state index contributed by atoms with van der Waals surface area (Å²) < 4.78 is 2.30. The van der Waals surface area contributed by atoms with E-state index in [-0.39, 0.29) is 5.41 Å². The number of rotatable bonds is 5. The fourth-order valence-electron chi connectivity index (χ4n) is 6.77. The fourth-order valence-corrected chi connectivity index (χ4v) is 6.77. The van der Waals surface area contributed by atoms with E-state index in [1.165, 1.54) is 27.8 Å². The van der Waals surface area contributed by atoms with Gasteiger partial charge in [-0.25, -0.2) is 0 Å². The molecule has 3 heteroatoms. The van der Waals surface area contributed by atoms with Crippen molar-refractivity contribution in [2.24, 2.45) is 0 Å². The molecule has 0 spiro atoms. The van der Waals surface area contributed by atoms with E-state index in [0.717, 1.165) is 39.3 Å². The van der Waals surface area contributed by atoms with Crippen LogP contribution in [-0.4, -0.2) is 9.55 Å². The highest BCUT2D eigenvalue weighted by Crippen LogP contribution is 2.50. The average molecular weight is 554 g/mol. The molecule has 1 aliphatic carbocycles. The second-order valence-corrected chi connectivity index (χ2v) is 11.7. The van der Waals surface area contributed by atoms with Crippen LogP contribution in [-0.2, 0) is 5.41 Å². The Morgan fingerprint density at radius 1 is 0.581 bits per heavy atom. The first-order valence-electron chi connectivity index (χ1n) is 14.8. The zero-order chi connectivity index (χ0) is 29.0. The molecule has 2 heterocycles. The summed E-state index contributed by atoms with van der Waals surface area (Å²) in [6, 6.07) is 49.6. The van der Waals surface area contributed by atoms with E-state index in [1.807, 2.05) is 6.20 Å². The summed E-state index contributed by atoms with van der Waals surface area (Å²) in [5.41, 5.74) is 14.0. The van der Waals surface area contributed by atoms with Gasteiger partial charge in [0.2, 0.25) is 0 Å². The molecule has 0 fully saturated rings. The number of hydrogen-bond acceptors (Lipinski definition) is 2. The standard InChI is InChI=1S/C40H31N3/c1-40(2)35-21-13-12-20-32(35)33-23-22-28(26-36(33)40)34-27-42(29-14-6-3-7-15-29)39-37(24-25-41-38(34)39)43(30-16-8-4-9-17-30)31-18-10-5-11-19-31/h3-27H,1-2H3. The summed E-state index contributed by atoms with van der Waals surface area (Å²) >= 11 is 0. The van der Waals surface area contributed by atoms with Crippen molar-refractivity contribution in [1.29, 1.82) is 0 Å². The van der Waals surface area contributed by atoms with Gasteiger partial charge in [-0.05, 0) is 76.3 Å². The molecule has 0 saturated carbocycles. The van der Waals surface area contributed by atoms with Gasteiger partial charge in [-0.3, -0.25) is 4.98 Å². The lowest BCUT2D eigenvalue weighted by Gasteiger charge is -2.26. The summed E-state index contributed by atoms with van der Waals surface area (Å²) in [6.45, 7) is 4.67. The summed E-state index contributed by atoms with van der Waals surface area (Å²) in [5.74, 6) is 0. The zero-order valence-corrected chi connectivity index (χ0v) is 24.3. The van der Waals surface area contributed by atoms with Gasteiger partial charge >= 0.3 is 0 Å². The van der Waals surface area contributed by atoms with Crippen LogP contribution < -0.4 is 4.90 Å². The molecule has 0 saturated heterocycles. The van der Waals surface area contributed by atoms with Crippen LogP contribution in [0.1, 0.15) is 25.0 Å². The van der Waals surface area contributed by atoms with E-state index >= 15 is 0 Å². The third-order valence-corrected chi connectivity index (χ3v) is 8.86. The molecular formula is C40H31N3. The van der Waals surface area contributed by atoms with E-state index in [4.69, 9.17) is 4.98 Å². The molecule has 0 N–H and O–H groups in total. The predicted octanol–water partition coefficient (Wildman–Crippen LogP) is 10.5. The van der Waals surface area contributed by atoms with Gasteiger partial charge in [0.25, 0.3) is 0 Å². The van der Waals surface area contributed by atoms with Crippen LogP contribution in [0.15, 0.2) is 152 Å². The Kier molecular flexibility index (Phi) is 5.80. The largest absolute Gasteiger partial charge is 0.313 e. The van der Waals surface area contributed by atoms with Crippen LogP contribution in [0.5, 0.6) is 0 Å². The predicted molar refractivity (Wildman–Crippen MR) is 179 cm³/mol. The van der Waals surface area contributed by atoms with Crippen molar-refractivity contribution < 1.29 is 0 Å². The Morgan fingerprint density at radius 3 is 1.88 bits per heavy atom. The van der Waals surface area contributed by atoms with Crippen LogP contribution in [0.25, 0.3) is 39.0 Å². The van der Waals surface area contributed by atoms with Crippen molar-refractivity contribution >= 4 is 28.1 Å². The molecule has 43 heavy (non-hydrogen) atoms. The Labute approximate surface area is 252 Å².